The summed E-state index contributed by atoms with van der Waals surface area (Å²) in [5, 5.41) is 3.30. The molecular formula is C15H25NO2. The van der Waals surface area contributed by atoms with Crippen LogP contribution in [0.4, 0.5) is 0 Å². The molecule has 1 atom stereocenters. The van der Waals surface area contributed by atoms with Crippen molar-refractivity contribution in [3.8, 4) is 5.75 Å². The Balaban J connectivity index is 2.82. The van der Waals surface area contributed by atoms with Crippen LogP contribution in [-0.2, 0) is 4.74 Å². The first-order chi connectivity index (χ1) is 8.37. The lowest BCUT2D eigenvalue weighted by Gasteiger charge is -2.25. The van der Waals surface area contributed by atoms with Crippen LogP contribution in [0.15, 0.2) is 18.2 Å². The Morgan fingerprint density at radius 1 is 1.28 bits per heavy atom. The summed E-state index contributed by atoms with van der Waals surface area (Å²) in [5.74, 6) is 0.892. The Bertz CT molecular complexity index is 383. The molecule has 0 aliphatic carbocycles. The van der Waals surface area contributed by atoms with Crippen molar-refractivity contribution in [2.45, 2.75) is 39.3 Å². The van der Waals surface area contributed by atoms with Gasteiger partial charge in [-0.1, -0.05) is 6.07 Å². The summed E-state index contributed by atoms with van der Waals surface area (Å²) < 4.78 is 11.1. The number of methoxy groups -OCH3 is 1. The number of hydrogen-bond acceptors (Lipinski definition) is 3. The molecule has 0 saturated heterocycles. The van der Waals surface area contributed by atoms with E-state index in [9.17, 15) is 0 Å². The van der Waals surface area contributed by atoms with E-state index >= 15 is 0 Å². The molecule has 3 heteroatoms. The number of hydrogen-bond donors (Lipinski definition) is 1. The van der Waals surface area contributed by atoms with Gasteiger partial charge in [0.1, 0.15) is 5.75 Å². The Labute approximate surface area is 110 Å². The lowest BCUT2D eigenvalue weighted by Crippen LogP contribution is -2.28. The van der Waals surface area contributed by atoms with Gasteiger partial charge in [-0.2, -0.15) is 0 Å². The molecule has 0 saturated carbocycles. The summed E-state index contributed by atoms with van der Waals surface area (Å²) in [5.41, 5.74) is 2.35. The fraction of sp³-hybridized carbons (Fsp3) is 0.600. The lowest BCUT2D eigenvalue weighted by atomic mass is 10.0. The number of rotatable bonds is 5. The summed E-state index contributed by atoms with van der Waals surface area (Å²) >= 11 is 0. The zero-order chi connectivity index (χ0) is 13.8. The van der Waals surface area contributed by atoms with E-state index in [2.05, 4.69) is 45.1 Å². The van der Waals surface area contributed by atoms with Gasteiger partial charge < -0.3 is 14.8 Å². The van der Waals surface area contributed by atoms with Crippen molar-refractivity contribution in [1.82, 2.24) is 5.32 Å². The normalized spacial score (nSPS) is 13.4. The summed E-state index contributed by atoms with van der Waals surface area (Å²) in [7, 11) is 3.65. The fourth-order valence-electron chi connectivity index (χ4n) is 1.83. The SMILES string of the molecule is CNC(COC(C)(C)C)c1ccc(OC)cc1C. The minimum absolute atomic E-state index is 0.116. The van der Waals surface area contributed by atoms with Crippen LogP contribution < -0.4 is 10.1 Å². The van der Waals surface area contributed by atoms with Gasteiger partial charge >= 0.3 is 0 Å². The number of benzene rings is 1. The van der Waals surface area contributed by atoms with Crippen LogP contribution >= 0.6 is 0 Å². The van der Waals surface area contributed by atoms with Crippen LogP contribution in [0, 0.1) is 6.92 Å². The standard InChI is InChI=1S/C15H25NO2/c1-11-9-12(17-6)7-8-13(11)14(16-5)10-18-15(2,3)4/h7-9,14,16H,10H2,1-6H3. The molecule has 0 bridgehead atoms. The van der Waals surface area contributed by atoms with Gasteiger partial charge in [-0.05, 0) is 58.0 Å². The predicted molar refractivity (Wildman–Crippen MR) is 75.2 cm³/mol. The average Bonchev–Trinajstić information content (AvgIpc) is 2.30. The van der Waals surface area contributed by atoms with Crippen molar-refractivity contribution in [2.75, 3.05) is 20.8 Å². The summed E-state index contributed by atoms with van der Waals surface area (Å²) in [6, 6.07) is 6.34. The maximum absolute atomic E-state index is 5.85. The maximum Gasteiger partial charge on any atom is 0.119 e. The molecule has 0 spiro atoms. The molecule has 1 rings (SSSR count). The molecule has 0 aliphatic rings. The molecule has 1 aromatic carbocycles. The molecule has 0 heterocycles. The minimum atomic E-state index is -0.116. The highest BCUT2D eigenvalue weighted by molar-refractivity contribution is 5.36. The van der Waals surface area contributed by atoms with Crippen LogP contribution in [0.1, 0.15) is 37.9 Å². The molecule has 1 unspecified atom stereocenters. The summed E-state index contributed by atoms with van der Waals surface area (Å²) in [6.45, 7) is 8.97. The van der Waals surface area contributed by atoms with Gasteiger partial charge in [-0.25, -0.2) is 0 Å². The highest BCUT2D eigenvalue weighted by atomic mass is 16.5. The van der Waals surface area contributed by atoms with E-state index in [-0.39, 0.29) is 11.6 Å². The van der Waals surface area contributed by atoms with E-state index in [4.69, 9.17) is 9.47 Å². The van der Waals surface area contributed by atoms with Crippen molar-refractivity contribution in [2.24, 2.45) is 0 Å². The van der Waals surface area contributed by atoms with Crippen molar-refractivity contribution in [3.63, 3.8) is 0 Å². The zero-order valence-corrected chi connectivity index (χ0v) is 12.3. The third kappa shape index (κ3) is 4.31. The van der Waals surface area contributed by atoms with Gasteiger partial charge in [0.2, 0.25) is 0 Å². The first kappa shape index (κ1) is 15.0. The van der Waals surface area contributed by atoms with Crippen LogP contribution in [-0.4, -0.2) is 26.4 Å². The second kappa shape index (κ2) is 6.21. The molecule has 3 nitrogen and oxygen atoms in total. The quantitative estimate of drug-likeness (QED) is 0.872. The third-order valence-corrected chi connectivity index (χ3v) is 2.88. The first-order valence-corrected chi connectivity index (χ1v) is 6.33. The monoisotopic (exact) mass is 251 g/mol. The highest BCUT2D eigenvalue weighted by Gasteiger charge is 2.17. The molecule has 102 valence electrons. The summed E-state index contributed by atoms with van der Waals surface area (Å²) in [6.07, 6.45) is 0. The van der Waals surface area contributed by atoms with Crippen LogP contribution in [0.2, 0.25) is 0 Å². The number of nitrogens with one attached hydrogen (secondary N) is 1. The predicted octanol–water partition coefficient (Wildman–Crippen LogP) is 3.08. The highest BCUT2D eigenvalue weighted by Crippen LogP contribution is 2.23. The second-order valence-electron chi connectivity index (χ2n) is 5.49. The zero-order valence-electron chi connectivity index (χ0n) is 12.3. The van der Waals surface area contributed by atoms with E-state index in [0.717, 1.165) is 5.75 Å². The number of aryl methyl sites for hydroxylation is 1. The van der Waals surface area contributed by atoms with Crippen LogP contribution in [0.25, 0.3) is 0 Å². The van der Waals surface area contributed by atoms with Crippen molar-refractivity contribution < 1.29 is 9.47 Å². The molecule has 1 aromatic rings. The van der Waals surface area contributed by atoms with Crippen LogP contribution in [0.5, 0.6) is 5.75 Å². The van der Waals surface area contributed by atoms with Gasteiger partial charge in [0, 0.05) is 0 Å². The van der Waals surface area contributed by atoms with Gasteiger partial charge in [0.15, 0.2) is 0 Å². The minimum Gasteiger partial charge on any atom is -0.497 e. The molecule has 0 radical (unpaired) electrons. The van der Waals surface area contributed by atoms with Gasteiger partial charge in [0.05, 0.1) is 25.4 Å². The number of likely N-dealkylation sites (N-methyl/N-ethyl adjacent to an activating group) is 1. The van der Waals surface area contributed by atoms with Crippen molar-refractivity contribution in [3.05, 3.63) is 29.3 Å². The Morgan fingerprint density at radius 3 is 2.39 bits per heavy atom. The van der Waals surface area contributed by atoms with Gasteiger partial charge in [-0.3, -0.25) is 0 Å². The van der Waals surface area contributed by atoms with Crippen LogP contribution in [0.3, 0.4) is 0 Å². The van der Waals surface area contributed by atoms with Crippen molar-refractivity contribution >= 4 is 0 Å². The number of ether oxygens (including phenoxy) is 2. The molecule has 18 heavy (non-hydrogen) atoms. The van der Waals surface area contributed by atoms with Gasteiger partial charge in [-0.15, -0.1) is 0 Å². The topological polar surface area (TPSA) is 30.5 Å². The first-order valence-electron chi connectivity index (χ1n) is 6.33. The third-order valence-electron chi connectivity index (χ3n) is 2.88. The second-order valence-corrected chi connectivity index (χ2v) is 5.49. The smallest absolute Gasteiger partial charge is 0.119 e. The molecule has 1 N–H and O–H groups in total. The summed E-state index contributed by atoms with van der Waals surface area (Å²) in [4.78, 5) is 0. The molecule has 0 amide bonds. The average molecular weight is 251 g/mol. The Hall–Kier alpha value is -1.06. The Morgan fingerprint density at radius 2 is 1.94 bits per heavy atom. The Kier molecular flexibility index (Phi) is 5.17. The molecule has 0 aliphatic heterocycles. The van der Waals surface area contributed by atoms with E-state index < -0.39 is 0 Å². The largest absolute Gasteiger partial charge is 0.497 e. The molecule has 0 fully saturated rings. The van der Waals surface area contributed by atoms with E-state index in [1.165, 1.54) is 11.1 Å². The fourth-order valence-corrected chi connectivity index (χ4v) is 1.83. The lowest BCUT2D eigenvalue weighted by molar-refractivity contribution is -0.0140. The van der Waals surface area contributed by atoms with Crippen molar-refractivity contribution in [1.29, 1.82) is 0 Å². The maximum atomic E-state index is 5.85. The van der Waals surface area contributed by atoms with E-state index in [1.54, 1.807) is 7.11 Å². The van der Waals surface area contributed by atoms with Gasteiger partial charge in [0.25, 0.3) is 0 Å². The molecule has 0 aromatic heterocycles. The molecular weight excluding hydrogens is 226 g/mol. The van der Waals surface area contributed by atoms with E-state index in [0.29, 0.717) is 6.61 Å². The van der Waals surface area contributed by atoms with E-state index in [1.807, 2.05) is 13.1 Å².